The van der Waals surface area contributed by atoms with Crippen LogP contribution in [0.3, 0.4) is 0 Å². The molecule has 0 radical (unpaired) electrons. The van der Waals surface area contributed by atoms with Gasteiger partial charge in [-0.15, -0.1) is 0 Å². The molecule has 2 nitrogen and oxygen atoms in total. The normalized spacial score (nSPS) is 12.9. The minimum atomic E-state index is -1.78. The second-order valence-corrected chi connectivity index (χ2v) is 6.34. The van der Waals surface area contributed by atoms with Crippen molar-refractivity contribution in [1.82, 2.24) is 4.98 Å². The molecule has 0 aliphatic rings. The third-order valence-corrected chi connectivity index (χ3v) is 4.57. The number of pyridine rings is 1. The lowest BCUT2D eigenvalue weighted by molar-refractivity contribution is 0.627. The molecule has 0 amide bonds. The zero-order chi connectivity index (χ0) is 20.0. The van der Waals surface area contributed by atoms with Crippen molar-refractivity contribution >= 4 is 21.9 Å². The quantitative estimate of drug-likeness (QED) is 0.375. The van der Waals surface area contributed by atoms with E-state index in [1.165, 1.54) is 24.3 Å². The Balaban J connectivity index is 1.66. The summed E-state index contributed by atoms with van der Waals surface area (Å²) in [4.78, 5) is 4.46. The molecular formula is C24H16FNO. The van der Waals surface area contributed by atoms with Crippen molar-refractivity contribution in [3.63, 3.8) is 0 Å². The van der Waals surface area contributed by atoms with Crippen molar-refractivity contribution in [2.45, 2.75) is 6.37 Å². The molecule has 0 saturated heterocycles. The van der Waals surface area contributed by atoms with E-state index in [1.807, 2.05) is 42.5 Å². The van der Waals surface area contributed by atoms with Gasteiger partial charge in [0.1, 0.15) is 17.0 Å². The summed E-state index contributed by atoms with van der Waals surface area (Å²) in [5, 5.41) is 2.02. The highest BCUT2D eigenvalue weighted by Crippen LogP contribution is 2.35. The molecule has 0 N–H and O–H groups in total. The highest BCUT2D eigenvalue weighted by Gasteiger charge is 2.12. The Labute approximate surface area is 158 Å². The summed E-state index contributed by atoms with van der Waals surface area (Å²) in [7, 11) is 0. The summed E-state index contributed by atoms with van der Waals surface area (Å²) in [6.45, 7) is 0. The molecule has 2 heterocycles. The van der Waals surface area contributed by atoms with Crippen molar-refractivity contribution in [3.05, 3.63) is 102 Å². The van der Waals surface area contributed by atoms with Crippen LogP contribution in [0.25, 0.3) is 33.2 Å². The lowest BCUT2D eigenvalue weighted by Crippen LogP contribution is -1.91. The lowest BCUT2D eigenvalue weighted by atomic mass is 10.0. The number of halogens is 1. The van der Waals surface area contributed by atoms with Crippen molar-refractivity contribution < 1.29 is 11.5 Å². The van der Waals surface area contributed by atoms with Gasteiger partial charge in [-0.05, 0) is 53.9 Å². The number of aromatic nitrogens is 1. The Morgan fingerprint density at radius 2 is 1.67 bits per heavy atom. The Bertz CT molecular complexity index is 1340. The first-order chi connectivity index (χ1) is 14.0. The predicted octanol–water partition coefficient (Wildman–Crippen LogP) is 6.38. The van der Waals surface area contributed by atoms with Crippen LogP contribution in [-0.4, -0.2) is 4.98 Å². The van der Waals surface area contributed by atoms with Gasteiger partial charge in [0.05, 0.1) is 5.69 Å². The van der Waals surface area contributed by atoms with E-state index in [0.29, 0.717) is 16.8 Å². The average molecular weight is 355 g/mol. The summed E-state index contributed by atoms with van der Waals surface area (Å²) in [5.41, 5.74) is 3.78. The second kappa shape index (κ2) is 6.36. The summed E-state index contributed by atoms with van der Waals surface area (Å²) >= 11 is 0. The maximum atomic E-state index is 13.3. The fraction of sp³-hybridized carbons (Fsp3) is 0.0417. The molecule has 0 unspecified atom stereocenters. The first-order valence-corrected chi connectivity index (χ1v) is 8.67. The lowest BCUT2D eigenvalue weighted by Gasteiger charge is -2.06. The molecule has 0 aliphatic carbocycles. The Hall–Kier alpha value is -3.46. The fourth-order valence-corrected chi connectivity index (χ4v) is 3.30. The summed E-state index contributed by atoms with van der Waals surface area (Å²) in [6, 6.07) is 22.6. The highest BCUT2D eigenvalue weighted by molar-refractivity contribution is 6.09. The molecule has 0 fully saturated rings. The van der Waals surface area contributed by atoms with E-state index >= 15 is 0 Å². The standard InChI is InChI=1S/C24H16FNO/c25-18-10-8-16(9-11-18)14-17-12-13-26-22(15-17)21-6-3-5-20-19-4-1-2-7-23(19)27-24(20)21/h1-13,15H,14H2/i14D2. The van der Waals surface area contributed by atoms with Crippen LogP contribution in [0.5, 0.6) is 0 Å². The first-order valence-electron chi connectivity index (χ1n) is 9.67. The number of furan rings is 1. The van der Waals surface area contributed by atoms with E-state index in [9.17, 15) is 4.39 Å². The zero-order valence-corrected chi connectivity index (χ0v) is 14.3. The van der Waals surface area contributed by atoms with Crippen molar-refractivity contribution in [2.75, 3.05) is 0 Å². The Kier molecular flexibility index (Phi) is 3.23. The highest BCUT2D eigenvalue weighted by atomic mass is 19.1. The van der Waals surface area contributed by atoms with E-state index in [2.05, 4.69) is 4.98 Å². The summed E-state index contributed by atoms with van der Waals surface area (Å²) < 4.78 is 36.5. The van der Waals surface area contributed by atoms with Gasteiger partial charge in [-0.3, -0.25) is 4.98 Å². The molecule has 0 saturated carbocycles. The van der Waals surface area contributed by atoms with Gasteiger partial charge in [0.25, 0.3) is 0 Å². The van der Waals surface area contributed by atoms with Gasteiger partial charge in [-0.1, -0.05) is 42.5 Å². The number of fused-ring (bicyclic) bond motifs is 3. The maximum absolute atomic E-state index is 13.3. The predicted molar refractivity (Wildman–Crippen MR) is 106 cm³/mol. The minimum absolute atomic E-state index is 0.387. The van der Waals surface area contributed by atoms with Crippen LogP contribution in [0.2, 0.25) is 0 Å². The molecule has 130 valence electrons. The number of rotatable bonds is 3. The van der Waals surface area contributed by atoms with Gasteiger partial charge in [-0.25, -0.2) is 4.39 Å². The zero-order valence-electron chi connectivity index (χ0n) is 16.3. The van der Waals surface area contributed by atoms with Crippen LogP contribution in [0.1, 0.15) is 13.9 Å². The number of benzene rings is 3. The third-order valence-electron chi connectivity index (χ3n) is 4.57. The van der Waals surface area contributed by atoms with Gasteiger partial charge in [-0.2, -0.15) is 0 Å². The topological polar surface area (TPSA) is 26.0 Å². The second-order valence-electron chi connectivity index (χ2n) is 6.34. The van der Waals surface area contributed by atoms with E-state index in [1.54, 1.807) is 18.3 Å². The molecule has 0 spiro atoms. The monoisotopic (exact) mass is 355 g/mol. The fourth-order valence-electron chi connectivity index (χ4n) is 3.30. The molecule has 27 heavy (non-hydrogen) atoms. The molecule has 0 bridgehead atoms. The summed E-state index contributed by atoms with van der Waals surface area (Å²) in [5.74, 6) is -0.392. The largest absolute Gasteiger partial charge is 0.455 e. The number of para-hydroxylation sites is 2. The number of hydrogen-bond acceptors (Lipinski definition) is 2. The molecule has 3 heteroatoms. The molecule has 5 rings (SSSR count). The van der Waals surface area contributed by atoms with Gasteiger partial charge in [0.15, 0.2) is 0 Å². The Morgan fingerprint density at radius 3 is 2.56 bits per heavy atom. The van der Waals surface area contributed by atoms with Crippen molar-refractivity contribution in [3.8, 4) is 11.3 Å². The molecule has 5 aromatic rings. The van der Waals surface area contributed by atoms with Crippen molar-refractivity contribution in [2.24, 2.45) is 0 Å². The molecule has 0 atom stereocenters. The minimum Gasteiger partial charge on any atom is -0.455 e. The van der Waals surface area contributed by atoms with Gasteiger partial charge in [0.2, 0.25) is 0 Å². The van der Waals surface area contributed by atoms with Gasteiger partial charge >= 0.3 is 0 Å². The van der Waals surface area contributed by atoms with E-state index in [4.69, 9.17) is 7.16 Å². The number of nitrogens with zero attached hydrogens (tertiary/aromatic N) is 1. The third kappa shape index (κ3) is 2.87. The van der Waals surface area contributed by atoms with Crippen molar-refractivity contribution in [1.29, 1.82) is 0 Å². The van der Waals surface area contributed by atoms with Gasteiger partial charge < -0.3 is 4.42 Å². The van der Waals surface area contributed by atoms with Crippen LogP contribution < -0.4 is 0 Å². The SMILES string of the molecule is [2H]C([2H])(c1ccc(F)cc1)c1ccnc(-c2cccc3c2oc2ccccc23)c1. The van der Waals surface area contributed by atoms with Crippen LogP contribution in [0.4, 0.5) is 4.39 Å². The smallest absolute Gasteiger partial charge is 0.144 e. The van der Waals surface area contributed by atoms with E-state index in [0.717, 1.165) is 27.5 Å². The van der Waals surface area contributed by atoms with E-state index in [-0.39, 0.29) is 0 Å². The van der Waals surface area contributed by atoms with Gasteiger partial charge in [0, 0.05) is 25.3 Å². The number of hydrogen-bond donors (Lipinski definition) is 0. The molecular weight excluding hydrogens is 337 g/mol. The first kappa shape index (κ1) is 13.7. The van der Waals surface area contributed by atoms with Crippen LogP contribution >= 0.6 is 0 Å². The average Bonchev–Trinajstić information content (AvgIpc) is 3.13. The molecule has 3 aromatic carbocycles. The van der Waals surface area contributed by atoms with Crippen LogP contribution in [-0.2, 0) is 6.37 Å². The molecule has 2 aromatic heterocycles. The van der Waals surface area contributed by atoms with E-state index < -0.39 is 12.2 Å². The molecule has 0 aliphatic heterocycles. The Morgan fingerprint density at radius 1 is 0.852 bits per heavy atom. The van der Waals surface area contributed by atoms with Crippen LogP contribution in [0, 0.1) is 5.82 Å². The summed E-state index contributed by atoms with van der Waals surface area (Å²) in [6.07, 6.45) is -0.194. The van der Waals surface area contributed by atoms with Crippen LogP contribution in [0.15, 0.2) is 89.5 Å². The maximum Gasteiger partial charge on any atom is 0.144 e.